The van der Waals surface area contributed by atoms with Gasteiger partial charge >= 0.3 is 5.97 Å². The van der Waals surface area contributed by atoms with Crippen molar-refractivity contribution < 1.29 is 14.3 Å². The number of ether oxygens (including phenoxy) is 2. The number of benzene rings is 3. The highest BCUT2D eigenvalue weighted by molar-refractivity contribution is 6.32. The van der Waals surface area contributed by atoms with Crippen molar-refractivity contribution in [3.8, 4) is 5.75 Å². The summed E-state index contributed by atoms with van der Waals surface area (Å²) in [5.41, 5.74) is 5.42. The number of aryl methyl sites for hydroxylation is 1. The second kappa shape index (κ2) is 9.60. The quantitative estimate of drug-likeness (QED) is 0.267. The van der Waals surface area contributed by atoms with E-state index in [1.54, 1.807) is 18.2 Å². The monoisotopic (exact) mass is 427 g/mol. The summed E-state index contributed by atoms with van der Waals surface area (Å²) < 4.78 is 14.7. The summed E-state index contributed by atoms with van der Waals surface area (Å²) in [5.74, 6) is 0.247. The van der Waals surface area contributed by atoms with Gasteiger partial charge in [0.25, 0.3) is 0 Å². The number of fused-ring (bicyclic) bond motifs is 1. The first-order valence-electron chi connectivity index (χ1n) is 10.7. The second-order valence-corrected chi connectivity index (χ2v) is 7.76. The number of methoxy groups -OCH3 is 1. The molecule has 4 rings (SSSR count). The lowest BCUT2D eigenvalue weighted by Gasteiger charge is -2.09. The van der Waals surface area contributed by atoms with Crippen LogP contribution in [0.2, 0.25) is 0 Å². The van der Waals surface area contributed by atoms with Gasteiger partial charge in [-0.1, -0.05) is 47.9 Å². The SMILES string of the molecule is Bc1cccc(Cn2c(=N)n(CCCOc3cccc(C(=O)OC)c3)c3ccccc32)c1. The minimum Gasteiger partial charge on any atom is -0.494 e. The number of nitrogens with one attached hydrogen (secondary N) is 1. The number of carbonyl (C=O) groups excluding carboxylic acids is 1. The van der Waals surface area contributed by atoms with E-state index in [-0.39, 0.29) is 5.97 Å². The molecule has 7 heteroatoms. The molecule has 0 saturated heterocycles. The lowest BCUT2D eigenvalue weighted by atomic mass is 9.94. The first kappa shape index (κ1) is 21.5. The molecule has 0 amide bonds. The Morgan fingerprint density at radius 3 is 2.47 bits per heavy atom. The van der Waals surface area contributed by atoms with Crippen molar-refractivity contribution in [2.24, 2.45) is 0 Å². The van der Waals surface area contributed by atoms with Gasteiger partial charge in [0.1, 0.15) is 13.6 Å². The van der Waals surface area contributed by atoms with Crippen molar-refractivity contribution >= 4 is 30.3 Å². The Morgan fingerprint density at radius 2 is 1.72 bits per heavy atom. The van der Waals surface area contributed by atoms with Gasteiger partial charge in [0.05, 0.1) is 36.9 Å². The molecule has 4 aromatic rings. The fraction of sp³-hybridized carbons (Fsp3) is 0.200. The number of para-hydroxylation sites is 2. The largest absolute Gasteiger partial charge is 0.494 e. The molecule has 0 atom stereocenters. The van der Waals surface area contributed by atoms with Crippen LogP contribution in [0.4, 0.5) is 0 Å². The smallest absolute Gasteiger partial charge is 0.337 e. The van der Waals surface area contributed by atoms with Gasteiger partial charge in [-0.15, -0.1) is 0 Å². The van der Waals surface area contributed by atoms with Gasteiger partial charge < -0.3 is 18.6 Å². The van der Waals surface area contributed by atoms with Crippen LogP contribution in [0.5, 0.6) is 5.75 Å². The molecule has 0 fully saturated rings. The van der Waals surface area contributed by atoms with E-state index in [4.69, 9.17) is 14.9 Å². The van der Waals surface area contributed by atoms with E-state index in [1.807, 2.05) is 27.3 Å². The molecule has 162 valence electrons. The molecule has 3 aromatic carbocycles. The maximum Gasteiger partial charge on any atom is 0.337 e. The van der Waals surface area contributed by atoms with Gasteiger partial charge in [0.15, 0.2) is 0 Å². The molecule has 0 aliphatic heterocycles. The summed E-state index contributed by atoms with van der Waals surface area (Å²) in [6, 6.07) is 23.5. The Balaban J connectivity index is 1.48. The van der Waals surface area contributed by atoms with Crippen molar-refractivity contribution in [3.05, 3.63) is 89.5 Å². The highest BCUT2D eigenvalue weighted by Gasteiger charge is 2.11. The fourth-order valence-corrected chi connectivity index (χ4v) is 3.92. The van der Waals surface area contributed by atoms with E-state index >= 15 is 0 Å². The summed E-state index contributed by atoms with van der Waals surface area (Å²) in [7, 11) is 3.45. The number of hydrogen-bond acceptors (Lipinski definition) is 4. The van der Waals surface area contributed by atoms with Gasteiger partial charge in [-0.25, -0.2) is 4.79 Å². The normalized spacial score (nSPS) is 10.9. The third-order valence-electron chi connectivity index (χ3n) is 5.45. The summed E-state index contributed by atoms with van der Waals surface area (Å²) in [6.45, 7) is 1.80. The van der Waals surface area contributed by atoms with Crippen LogP contribution in [0.15, 0.2) is 72.8 Å². The average molecular weight is 427 g/mol. The predicted octanol–water partition coefficient (Wildman–Crippen LogP) is 2.48. The standard InChI is InChI=1S/C25H26BN3O3/c1-31-24(30)19-8-5-10-21(16-19)32-14-6-13-28-22-11-2-3-12-23(22)29(25(28)27)17-18-7-4-9-20(26)15-18/h2-5,7-12,15-16,27H,6,13-14,17,26H2,1H3. The Hall–Kier alpha value is -3.74. The van der Waals surface area contributed by atoms with Gasteiger partial charge in [-0.2, -0.15) is 0 Å². The van der Waals surface area contributed by atoms with Crippen LogP contribution in [-0.4, -0.2) is 36.7 Å². The maximum absolute atomic E-state index is 11.7. The fourth-order valence-electron chi connectivity index (χ4n) is 3.92. The minimum absolute atomic E-state index is 0.383. The lowest BCUT2D eigenvalue weighted by Crippen LogP contribution is -2.26. The van der Waals surface area contributed by atoms with Gasteiger partial charge in [0, 0.05) is 6.54 Å². The Morgan fingerprint density at radius 1 is 0.969 bits per heavy atom. The summed E-state index contributed by atoms with van der Waals surface area (Å²) >= 11 is 0. The number of rotatable bonds is 8. The summed E-state index contributed by atoms with van der Waals surface area (Å²) in [6.07, 6.45) is 0.734. The number of imidazole rings is 1. The summed E-state index contributed by atoms with van der Waals surface area (Å²) in [5, 5.41) is 8.81. The van der Waals surface area contributed by atoms with Gasteiger partial charge in [-0.3, -0.25) is 5.41 Å². The van der Waals surface area contributed by atoms with E-state index in [0.717, 1.165) is 17.5 Å². The topological polar surface area (TPSA) is 69.2 Å². The zero-order valence-corrected chi connectivity index (χ0v) is 18.4. The van der Waals surface area contributed by atoms with E-state index in [1.165, 1.54) is 18.1 Å². The molecule has 1 N–H and O–H groups in total. The highest BCUT2D eigenvalue weighted by Crippen LogP contribution is 2.16. The Bertz CT molecular complexity index is 1310. The van der Waals surface area contributed by atoms with Crippen LogP contribution in [0.3, 0.4) is 0 Å². The Labute approximate surface area is 187 Å². The number of aromatic nitrogens is 2. The zero-order chi connectivity index (χ0) is 22.5. The number of esters is 1. The van der Waals surface area contributed by atoms with Crippen LogP contribution in [-0.2, 0) is 17.8 Å². The molecular formula is C25H26BN3O3. The van der Waals surface area contributed by atoms with Crippen LogP contribution >= 0.6 is 0 Å². The van der Waals surface area contributed by atoms with Gasteiger partial charge in [0.2, 0.25) is 5.62 Å². The highest BCUT2D eigenvalue weighted by atomic mass is 16.5. The van der Waals surface area contributed by atoms with Crippen molar-refractivity contribution in [2.45, 2.75) is 19.5 Å². The molecule has 0 unspecified atom stereocenters. The maximum atomic E-state index is 11.7. The lowest BCUT2D eigenvalue weighted by molar-refractivity contribution is 0.0600. The molecule has 6 nitrogen and oxygen atoms in total. The van der Waals surface area contributed by atoms with Crippen molar-refractivity contribution in [2.75, 3.05) is 13.7 Å². The molecule has 0 bridgehead atoms. The number of nitrogens with zero attached hydrogens (tertiary/aromatic N) is 2. The molecule has 1 aromatic heterocycles. The second-order valence-electron chi connectivity index (χ2n) is 7.76. The van der Waals surface area contributed by atoms with E-state index in [0.29, 0.717) is 36.6 Å². The average Bonchev–Trinajstić information content (AvgIpc) is 3.07. The van der Waals surface area contributed by atoms with Crippen molar-refractivity contribution in [1.29, 1.82) is 5.41 Å². The van der Waals surface area contributed by atoms with Crippen LogP contribution in [0.25, 0.3) is 11.0 Å². The van der Waals surface area contributed by atoms with Crippen LogP contribution in [0, 0.1) is 5.41 Å². The van der Waals surface area contributed by atoms with Crippen LogP contribution in [0.1, 0.15) is 22.3 Å². The minimum atomic E-state index is -0.383. The third-order valence-corrected chi connectivity index (χ3v) is 5.45. The van der Waals surface area contributed by atoms with Gasteiger partial charge in [-0.05, 0) is 42.3 Å². The molecule has 1 heterocycles. The molecular weight excluding hydrogens is 401 g/mol. The first-order valence-corrected chi connectivity index (χ1v) is 10.7. The molecule has 0 radical (unpaired) electrons. The Kier molecular flexibility index (Phi) is 6.45. The molecule has 0 spiro atoms. The number of hydrogen-bond donors (Lipinski definition) is 1. The zero-order valence-electron chi connectivity index (χ0n) is 18.4. The third kappa shape index (κ3) is 4.62. The number of carbonyl (C=O) groups is 1. The molecule has 0 aliphatic carbocycles. The van der Waals surface area contributed by atoms with E-state index in [2.05, 4.69) is 44.2 Å². The van der Waals surface area contributed by atoms with E-state index < -0.39 is 0 Å². The molecule has 0 aliphatic rings. The summed E-state index contributed by atoms with van der Waals surface area (Å²) in [4.78, 5) is 11.7. The molecule has 0 saturated carbocycles. The van der Waals surface area contributed by atoms with Crippen molar-refractivity contribution in [3.63, 3.8) is 0 Å². The predicted molar refractivity (Wildman–Crippen MR) is 127 cm³/mol. The van der Waals surface area contributed by atoms with Crippen molar-refractivity contribution in [1.82, 2.24) is 9.13 Å². The van der Waals surface area contributed by atoms with Crippen LogP contribution < -0.4 is 15.8 Å². The first-order chi connectivity index (χ1) is 15.6. The molecule has 32 heavy (non-hydrogen) atoms. The van der Waals surface area contributed by atoms with E-state index in [9.17, 15) is 4.79 Å².